The van der Waals surface area contributed by atoms with E-state index in [1.807, 2.05) is 4.52 Å². The van der Waals surface area contributed by atoms with E-state index in [2.05, 4.69) is 23.2 Å². The third kappa shape index (κ3) is 3.82. The lowest BCUT2D eigenvalue weighted by Crippen LogP contribution is -2.49. The van der Waals surface area contributed by atoms with Crippen LogP contribution in [0, 0.1) is 0 Å². The lowest BCUT2D eigenvalue weighted by Gasteiger charge is -2.33. The Bertz CT molecular complexity index is 740. The maximum atomic E-state index is 5.69. The van der Waals surface area contributed by atoms with Crippen LogP contribution in [0.5, 0.6) is 0 Å². The number of nitrogens with one attached hydrogen (secondary N) is 1. The molecule has 3 heterocycles. The first-order chi connectivity index (χ1) is 12.7. The minimum Gasteiger partial charge on any atom is -0.354 e. The largest absolute Gasteiger partial charge is 0.354 e. The zero-order chi connectivity index (χ0) is 17.9. The van der Waals surface area contributed by atoms with E-state index in [0.717, 1.165) is 47.8 Å². The predicted octanol–water partition coefficient (Wildman–Crippen LogP) is 2.02. The van der Waals surface area contributed by atoms with E-state index in [4.69, 9.17) is 20.8 Å². The van der Waals surface area contributed by atoms with E-state index in [9.17, 15) is 0 Å². The van der Waals surface area contributed by atoms with E-state index in [1.165, 1.54) is 32.1 Å². The second-order valence-corrected chi connectivity index (χ2v) is 8.52. The number of anilines is 1. The van der Waals surface area contributed by atoms with Gasteiger partial charge in [-0.15, -0.1) is 16.9 Å². The van der Waals surface area contributed by atoms with E-state index in [0.29, 0.717) is 18.5 Å². The highest BCUT2D eigenvalue weighted by Gasteiger charge is 2.24. The van der Waals surface area contributed by atoms with Crippen molar-refractivity contribution >= 4 is 23.4 Å². The van der Waals surface area contributed by atoms with Crippen LogP contribution in [0.25, 0.3) is 5.78 Å². The quantitative estimate of drug-likeness (QED) is 0.611. The molecular formula is C18H29N7S. The van der Waals surface area contributed by atoms with Gasteiger partial charge in [-0.2, -0.15) is 9.50 Å². The molecule has 0 amide bonds. The summed E-state index contributed by atoms with van der Waals surface area (Å²) >= 11 is 1.70. The van der Waals surface area contributed by atoms with Crippen LogP contribution in [0.2, 0.25) is 0 Å². The molecule has 0 bridgehead atoms. The van der Waals surface area contributed by atoms with E-state index >= 15 is 0 Å². The Morgan fingerprint density at radius 2 is 2.12 bits per heavy atom. The Hall–Kier alpha value is -1.38. The Labute approximate surface area is 159 Å². The highest BCUT2D eigenvalue weighted by atomic mass is 32.2. The average molecular weight is 376 g/mol. The normalized spacial score (nSPS) is 22.2. The van der Waals surface area contributed by atoms with Crippen LogP contribution in [-0.2, 0) is 0 Å². The van der Waals surface area contributed by atoms with Crippen molar-refractivity contribution in [2.75, 3.05) is 36.8 Å². The first-order valence-electron chi connectivity index (χ1n) is 9.83. The van der Waals surface area contributed by atoms with Crippen molar-refractivity contribution < 1.29 is 0 Å². The Balaban J connectivity index is 1.72. The van der Waals surface area contributed by atoms with Crippen LogP contribution < -0.4 is 16.0 Å². The van der Waals surface area contributed by atoms with Gasteiger partial charge in [0, 0.05) is 50.0 Å². The molecule has 3 N–H and O–H groups in total. The van der Waals surface area contributed by atoms with Gasteiger partial charge in [-0.05, 0) is 19.8 Å². The lowest BCUT2D eigenvalue weighted by molar-refractivity contribution is 0.428. The molecule has 0 spiro atoms. The zero-order valence-electron chi connectivity index (χ0n) is 15.5. The van der Waals surface area contributed by atoms with Crippen molar-refractivity contribution in [3.8, 4) is 0 Å². The van der Waals surface area contributed by atoms with Crippen molar-refractivity contribution in [1.82, 2.24) is 24.9 Å². The minimum atomic E-state index is 0.466. The smallest absolute Gasteiger partial charge is 0.255 e. The highest BCUT2D eigenvalue weighted by molar-refractivity contribution is 7.99. The van der Waals surface area contributed by atoms with Gasteiger partial charge in [0.1, 0.15) is 10.8 Å². The van der Waals surface area contributed by atoms with Gasteiger partial charge in [0.2, 0.25) is 0 Å². The van der Waals surface area contributed by atoms with Crippen LogP contribution in [0.3, 0.4) is 0 Å². The van der Waals surface area contributed by atoms with Gasteiger partial charge >= 0.3 is 0 Å². The molecule has 2 aliphatic rings. The van der Waals surface area contributed by atoms with Crippen LogP contribution in [0.1, 0.15) is 50.8 Å². The molecular weight excluding hydrogens is 346 g/mol. The Kier molecular flexibility index (Phi) is 5.61. The van der Waals surface area contributed by atoms with Gasteiger partial charge in [0.05, 0.1) is 0 Å². The Morgan fingerprint density at radius 1 is 1.27 bits per heavy atom. The molecule has 1 aliphatic carbocycles. The summed E-state index contributed by atoms with van der Waals surface area (Å²) in [5.41, 5.74) is 5.69. The maximum absolute atomic E-state index is 5.69. The molecule has 1 saturated heterocycles. The summed E-state index contributed by atoms with van der Waals surface area (Å²) in [6.07, 6.45) is 6.31. The molecule has 2 fully saturated rings. The molecule has 1 aliphatic heterocycles. The fourth-order valence-corrected chi connectivity index (χ4v) is 4.65. The van der Waals surface area contributed by atoms with Gasteiger partial charge < -0.3 is 16.0 Å². The number of nitrogens with two attached hydrogens (primary N) is 1. The van der Waals surface area contributed by atoms with Crippen molar-refractivity contribution in [3.05, 3.63) is 11.9 Å². The Morgan fingerprint density at radius 3 is 2.88 bits per heavy atom. The molecule has 0 aromatic carbocycles. The molecule has 4 rings (SSSR count). The van der Waals surface area contributed by atoms with Crippen LogP contribution in [0.4, 0.5) is 5.82 Å². The van der Waals surface area contributed by atoms with E-state index in [-0.39, 0.29) is 0 Å². The van der Waals surface area contributed by atoms with Gasteiger partial charge in [0.25, 0.3) is 5.78 Å². The monoisotopic (exact) mass is 375 g/mol. The molecule has 26 heavy (non-hydrogen) atoms. The molecule has 2 aromatic heterocycles. The maximum Gasteiger partial charge on any atom is 0.255 e. The van der Waals surface area contributed by atoms with Crippen LogP contribution in [-0.4, -0.2) is 57.6 Å². The zero-order valence-corrected chi connectivity index (χ0v) is 16.3. The predicted molar refractivity (Wildman–Crippen MR) is 106 cm³/mol. The standard InChI is InChI=1S/C18H29N7S/c1-13-12-24(9-8-20-13)16-11-15(26-10-7-19)21-18-22-17(23-25(16)18)14-5-3-2-4-6-14/h11,13-14,20H,2-10,12,19H2,1H3. The summed E-state index contributed by atoms with van der Waals surface area (Å²) in [5.74, 6) is 4.17. The first kappa shape index (κ1) is 18.0. The number of hydrogen-bond acceptors (Lipinski definition) is 7. The second kappa shape index (κ2) is 8.10. The fourth-order valence-electron chi connectivity index (χ4n) is 3.98. The summed E-state index contributed by atoms with van der Waals surface area (Å²) in [6.45, 7) is 5.81. The van der Waals surface area contributed by atoms with Gasteiger partial charge in [-0.25, -0.2) is 4.98 Å². The first-order valence-corrected chi connectivity index (χ1v) is 10.8. The van der Waals surface area contributed by atoms with Crippen LogP contribution in [0.15, 0.2) is 11.1 Å². The molecule has 1 atom stereocenters. The van der Waals surface area contributed by atoms with E-state index in [1.54, 1.807) is 11.8 Å². The minimum absolute atomic E-state index is 0.466. The van der Waals surface area contributed by atoms with E-state index < -0.39 is 0 Å². The summed E-state index contributed by atoms with van der Waals surface area (Å²) in [6, 6.07) is 2.62. The average Bonchev–Trinajstić information content (AvgIpc) is 3.10. The van der Waals surface area contributed by atoms with Crippen molar-refractivity contribution in [3.63, 3.8) is 0 Å². The summed E-state index contributed by atoms with van der Waals surface area (Å²) < 4.78 is 1.97. The molecule has 8 heteroatoms. The van der Waals surface area contributed by atoms with Gasteiger partial charge in [0.15, 0.2) is 5.82 Å². The second-order valence-electron chi connectivity index (χ2n) is 7.41. The highest BCUT2D eigenvalue weighted by Crippen LogP contribution is 2.32. The number of hydrogen-bond donors (Lipinski definition) is 2. The van der Waals surface area contributed by atoms with Crippen molar-refractivity contribution in [2.24, 2.45) is 5.73 Å². The number of nitrogens with zero attached hydrogens (tertiary/aromatic N) is 5. The summed E-state index contributed by atoms with van der Waals surface area (Å²) in [4.78, 5) is 12.0. The molecule has 2 aromatic rings. The van der Waals surface area contributed by atoms with Gasteiger partial charge in [-0.3, -0.25) is 0 Å². The number of fused-ring (bicyclic) bond motifs is 1. The number of piperazine rings is 1. The molecule has 7 nitrogen and oxygen atoms in total. The van der Waals surface area contributed by atoms with Crippen molar-refractivity contribution in [1.29, 1.82) is 0 Å². The SMILES string of the molecule is CC1CN(c2cc(SCCN)nc3nc(C4CCCCC4)nn23)CCN1. The fraction of sp³-hybridized carbons (Fsp3) is 0.722. The molecule has 0 radical (unpaired) electrons. The van der Waals surface area contributed by atoms with Gasteiger partial charge in [-0.1, -0.05) is 19.3 Å². The third-order valence-corrected chi connectivity index (χ3v) is 6.26. The number of rotatable bonds is 5. The van der Waals surface area contributed by atoms with Crippen LogP contribution >= 0.6 is 11.8 Å². The lowest BCUT2D eigenvalue weighted by atomic mass is 9.89. The topological polar surface area (TPSA) is 84.4 Å². The number of aromatic nitrogens is 4. The molecule has 1 saturated carbocycles. The van der Waals surface area contributed by atoms with Crippen molar-refractivity contribution in [2.45, 2.75) is 56.0 Å². The molecule has 1 unspecified atom stereocenters. The molecule has 142 valence electrons. The third-order valence-electron chi connectivity index (χ3n) is 5.32. The summed E-state index contributed by atoms with van der Waals surface area (Å²) in [5, 5.41) is 9.41. The summed E-state index contributed by atoms with van der Waals surface area (Å²) in [7, 11) is 0. The number of thioether (sulfide) groups is 1.